The highest BCUT2D eigenvalue weighted by Crippen LogP contribution is 2.24. The van der Waals surface area contributed by atoms with Crippen molar-refractivity contribution in [3.63, 3.8) is 0 Å². The van der Waals surface area contributed by atoms with Gasteiger partial charge in [0.25, 0.3) is 11.6 Å². The van der Waals surface area contributed by atoms with Crippen molar-refractivity contribution in [1.82, 2.24) is 10.9 Å². The van der Waals surface area contributed by atoms with E-state index < -0.39 is 22.7 Å². The van der Waals surface area contributed by atoms with E-state index in [2.05, 4.69) is 10.9 Å². The van der Waals surface area contributed by atoms with Gasteiger partial charge in [0.1, 0.15) is 0 Å². The number of hydrogen-bond acceptors (Lipinski definition) is 5. The summed E-state index contributed by atoms with van der Waals surface area (Å²) in [7, 11) is 0. The lowest BCUT2D eigenvalue weighted by molar-refractivity contribution is -0.384. The Labute approximate surface area is 154 Å². The lowest BCUT2D eigenvalue weighted by Gasteiger charge is -2.16. The number of amides is 3. The monoisotopic (exact) mass is 368 g/mol. The number of nitrogens with one attached hydrogen (secondary N) is 2. The minimum Gasteiger partial charge on any atom is -0.312 e. The van der Waals surface area contributed by atoms with Crippen LogP contribution in [0.4, 0.5) is 11.4 Å². The molecule has 0 radical (unpaired) electrons. The first kappa shape index (κ1) is 18.1. The van der Waals surface area contributed by atoms with Crippen LogP contribution in [0.25, 0.3) is 0 Å². The van der Waals surface area contributed by atoms with E-state index in [1.807, 2.05) is 6.07 Å². The fourth-order valence-electron chi connectivity index (χ4n) is 2.79. The summed E-state index contributed by atoms with van der Waals surface area (Å²) >= 11 is 0. The standard InChI is InChI=1S/C18H16N4O5/c23-16-10-13(11-21(16)14-6-2-1-3-7-14)18(25)20-19-17(24)12-5-4-8-15(9-12)22(26)27/h1-9,13H,10-11H2,(H,19,24)(H,20,25)/t13-/m0/s1. The molecule has 3 rings (SSSR count). The predicted octanol–water partition coefficient (Wildman–Crippen LogP) is 1.41. The van der Waals surface area contributed by atoms with Crippen molar-refractivity contribution in [1.29, 1.82) is 0 Å². The van der Waals surface area contributed by atoms with Gasteiger partial charge in [0.05, 0.1) is 10.8 Å². The second kappa shape index (κ2) is 7.65. The Morgan fingerprint density at radius 3 is 2.52 bits per heavy atom. The summed E-state index contributed by atoms with van der Waals surface area (Å²) in [5, 5.41) is 10.8. The van der Waals surface area contributed by atoms with Crippen LogP contribution >= 0.6 is 0 Å². The number of non-ortho nitro benzene ring substituents is 1. The summed E-state index contributed by atoms with van der Waals surface area (Å²) < 4.78 is 0. The maximum Gasteiger partial charge on any atom is 0.270 e. The smallest absolute Gasteiger partial charge is 0.270 e. The van der Waals surface area contributed by atoms with E-state index in [4.69, 9.17) is 0 Å². The minimum absolute atomic E-state index is 0.0351. The Hall–Kier alpha value is -3.75. The van der Waals surface area contributed by atoms with Crippen LogP contribution in [0.5, 0.6) is 0 Å². The van der Waals surface area contributed by atoms with E-state index in [0.29, 0.717) is 5.69 Å². The number of carbonyl (C=O) groups excluding carboxylic acids is 3. The van der Waals surface area contributed by atoms with Gasteiger partial charge in [-0.2, -0.15) is 0 Å². The zero-order valence-corrected chi connectivity index (χ0v) is 14.1. The number of hydrazine groups is 1. The third-order valence-corrected chi connectivity index (χ3v) is 4.18. The van der Waals surface area contributed by atoms with Crippen LogP contribution in [-0.4, -0.2) is 29.2 Å². The molecule has 27 heavy (non-hydrogen) atoms. The van der Waals surface area contributed by atoms with Crippen molar-refractivity contribution < 1.29 is 19.3 Å². The van der Waals surface area contributed by atoms with E-state index in [-0.39, 0.29) is 30.1 Å². The van der Waals surface area contributed by atoms with Crippen molar-refractivity contribution in [2.45, 2.75) is 6.42 Å². The zero-order valence-electron chi connectivity index (χ0n) is 14.1. The van der Waals surface area contributed by atoms with E-state index in [0.717, 1.165) is 6.07 Å². The first-order chi connectivity index (χ1) is 13.0. The van der Waals surface area contributed by atoms with E-state index in [1.165, 1.54) is 23.1 Å². The van der Waals surface area contributed by atoms with Gasteiger partial charge in [-0.15, -0.1) is 0 Å². The van der Waals surface area contributed by atoms with Gasteiger partial charge in [-0.25, -0.2) is 0 Å². The Bertz CT molecular complexity index is 900. The molecular formula is C18H16N4O5. The van der Waals surface area contributed by atoms with Crippen LogP contribution in [0, 0.1) is 16.0 Å². The summed E-state index contributed by atoms with van der Waals surface area (Å²) in [5.41, 5.74) is 5.02. The van der Waals surface area contributed by atoms with Gasteiger partial charge < -0.3 is 4.90 Å². The van der Waals surface area contributed by atoms with E-state index in [9.17, 15) is 24.5 Å². The Balaban J connectivity index is 1.58. The van der Waals surface area contributed by atoms with Crippen molar-refractivity contribution in [3.05, 3.63) is 70.3 Å². The molecule has 1 saturated heterocycles. The molecule has 1 fully saturated rings. The lowest BCUT2D eigenvalue weighted by atomic mass is 10.1. The molecular weight excluding hydrogens is 352 g/mol. The van der Waals surface area contributed by atoms with E-state index in [1.54, 1.807) is 24.3 Å². The van der Waals surface area contributed by atoms with Gasteiger partial charge in [0.2, 0.25) is 11.8 Å². The highest BCUT2D eigenvalue weighted by atomic mass is 16.6. The topological polar surface area (TPSA) is 122 Å². The molecule has 0 spiro atoms. The molecule has 138 valence electrons. The molecule has 2 N–H and O–H groups in total. The molecule has 0 saturated carbocycles. The number of nitro benzene ring substituents is 1. The Kier molecular flexibility index (Phi) is 5.11. The second-order valence-electron chi connectivity index (χ2n) is 5.99. The summed E-state index contributed by atoms with van der Waals surface area (Å²) in [6.07, 6.45) is 0.0351. The van der Waals surface area contributed by atoms with Crippen LogP contribution in [0.2, 0.25) is 0 Å². The molecule has 0 aliphatic carbocycles. The maximum absolute atomic E-state index is 12.3. The van der Waals surface area contributed by atoms with Crippen molar-refractivity contribution in [2.24, 2.45) is 5.92 Å². The predicted molar refractivity (Wildman–Crippen MR) is 95.6 cm³/mol. The number of para-hydroxylation sites is 1. The molecule has 1 heterocycles. The molecule has 9 nitrogen and oxygen atoms in total. The van der Waals surface area contributed by atoms with Gasteiger partial charge in [0.15, 0.2) is 0 Å². The zero-order chi connectivity index (χ0) is 19.4. The van der Waals surface area contributed by atoms with Gasteiger partial charge in [-0.1, -0.05) is 24.3 Å². The van der Waals surface area contributed by atoms with Gasteiger partial charge in [-0.3, -0.25) is 35.3 Å². The lowest BCUT2D eigenvalue weighted by Crippen LogP contribution is -2.45. The molecule has 0 bridgehead atoms. The fourth-order valence-corrected chi connectivity index (χ4v) is 2.79. The first-order valence-corrected chi connectivity index (χ1v) is 8.16. The van der Waals surface area contributed by atoms with Crippen LogP contribution in [0.1, 0.15) is 16.8 Å². The minimum atomic E-state index is -0.684. The molecule has 1 atom stereocenters. The molecule has 0 unspecified atom stereocenters. The second-order valence-corrected chi connectivity index (χ2v) is 5.99. The summed E-state index contributed by atoms with van der Waals surface area (Å²) in [6, 6.07) is 14.1. The molecule has 2 aromatic rings. The Morgan fingerprint density at radius 2 is 1.81 bits per heavy atom. The summed E-state index contributed by atoms with van der Waals surface area (Å²) in [5.74, 6) is -1.97. The summed E-state index contributed by atoms with van der Waals surface area (Å²) in [4.78, 5) is 48.1. The van der Waals surface area contributed by atoms with Crippen LogP contribution in [-0.2, 0) is 9.59 Å². The van der Waals surface area contributed by atoms with E-state index >= 15 is 0 Å². The molecule has 1 aliphatic rings. The molecule has 9 heteroatoms. The molecule has 1 aliphatic heterocycles. The first-order valence-electron chi connectivity index (χ1n) is 8.16. The highest BCUT2D eigenvalue weighted by molar-refractivity contribution is 6.01. The van der Waals surface area contributed by atoms with Crippen molar-refractivity contribution in [3.8, 4) is 0 Å². The SMILES string of the molecule is O=C(NNC(=O)[C@H]1CC(=O)N(c2ccccc2)C1)c1cccc([N+](=O)[O-])c1. The van der Waals surface area contributed by atoms with Crippen LogP contribution < -0.4 is 15.8 Å². The number of hydrogen-bond donors (Lipinski definition) is 2. The van der Waals surface area contributed by atoms with Gasteiger partial charge in [-0.05, 0) is 18.2 Å². The molecule has 2 aromatic carbocycles. The molecule has 3 amide bonds. The third kappa shape index (κ3) is 4.09. The average molecular weight is 368 g/mol. The average Bonchev–Trinajstić information content (AvgIpc) is 3.08. The van der Waals surface area contributed by atoms with Gasteiger partial charge in [0, 0.05) is 36.3 Å². The normalized spacial score (nSPS) is 16.1. The largest absolute Gasteiger partial charge is 0.312 e. The van der Waals surface area contributed by atoms with Crippen LogP contribution in [0.3, 0.4) is 0 Å². The Morgan fingerprint density at radius 1 is 1.07 bits per heavy atom. The van der Waals surface area contributed by atoms with Crippen molar-refractivity contribution >= 4 is 29.1 Å². The molecule has 0 aromatic heterocycles. The fraction of sp³-hybridized carbons (Fsp3) is 0.167. The maximum atomic E-state index is 12.3. The number of nitrogens with zero attached hydrogens (tertiary/aromatic N) is 2. The van der Waals surface area contributed by atoms with Gasteiger partial charge >= 0.3 is 0 Å². The number of anilines is 1. The number of benzene rings is 2. The number of rotatable bonds is 4. The highest BCUT2D eigenvalue weighted by Gasteiger charge is 2.35. The number of carbonyl (C=O) groups is 3. The third-order valence-electron chi connectivity index (χ3n) is 4.18. The summed E-state index contributed by atoms with van der Waals surface area (Å²) in [6.45, 7) is 0.210. The number of nitro groups is 1. The van der Waals surface area contributed by atoms with Crippen molar-refractivity contribution in [2.75, 3.05) is 11.4 Å². The quantitative estimate of drug-likeness (QED) is 0.624. The van der Waals surface area contributed by atoms with Crippen LogP contribution in [0.15, 0.2) is 54.6 Å².